The summed E-state index contributed by atoms with van der Waals surface area (Å²) in [5.41, 5.74) is 0.696. The molecule has 0 aliphatic carbocycles. The molecule has 0 fully saturated rings. The summed E-state index contributed by atoms with van der Waals surface area (Å²) in [6.45, 7) is 0. The summed E-state index contributed by atoms with van der Waals surface area (Å²) in [4.78, 5) is 12.0. The number of carbonyl (C=O) groups is 1. The van der Waals surface area contributed by atoms with Crippen molar-refractivity contribution in [3.63, 3.8) is 0 Å². The fraction of sp³-hybridized carbons (Fsp3) is 0.0714. The zero-order valence-corrected chi connectivity index (χ0v) is 13.2. The molecule has 2 aromatic rings. The number of hydrogen-bond donors (Lipinski definition) is 1. The quantitative estimate of drug-likeness (QED) is 0.607. The van der Waals surface area contributed by atoms with Gasteiger partial charge < -0.3 is 5.32 Å². The largest absolute Gasteiger partial charge is 0.325 e. The molecule has 104 valence electrons. The number of hydrogen-bond acceptors (Lipinski definition) is 2. The molecule has 0 saturated carbocycles. The highest BCUT2D eigenvalue weighted by atomic mass is 127. The molecule has 2 rings (SSSR count). The molecule has 2 nitrogen and oxygen atoms in total. The summed E-state index contributed by atoms with van der Waals surface area (Å²) >= 11 is 3.18. The van der Waals surface area contributed by atoms with Crippen LogP contribution >= 0.6 is 34.4 Å². The number of thioether (sulfide) groups is 1. The van der Waals surface area contributed by atoms with Gasteiger partial charge in [-0.05, 0) is 52.9 Å². The number of rotatable bonds is 4. The van der Waals surface area contributed by atoms with Gasteiger partial charge in [0.1, 0.15) is 11.6 Å². The molecule has 0 unspecified atom stereocenters. The molecule has 1 amide bonds. The van der Waals surface area contributed by atoms with Crippen molar-refractivity contribution in [2.24, 2.45) is 0 Å². The van der Waals surface area contributed by atoms with E-state index in [1.165, 1.54) is 12.1 Å². The van der Waals surface area contributed by atoms with E-state index in [-0.39, 0.29) is 16.6 Å². The maximum absolute atomic E-state index is 13.4. The van der Waals surface area contributed by atoms with Gasteiger partial charge in [-0.3, -0.25) is 4.79 Å². The zero-order valence-electron chi connectivity index (χ0n) is 10.2. The lowest BCUT2D eigenvalue weighted by molar-refractivity contribution is -0.113. The number of nitrogens with one attached hydrogen (secondary N) is 1. The maximum Gasteiger partial charge on any atom is 0.234 e. The summed E-state index contributed by atoms with van der Waals surface area (Å²) in [7, 11) is 0. The van der Waals surface area contributed by atoms with E-state index in [1.54, 1.807) is 6.07 Å². The number of amides is 1. The molecule has 0 aromatic heterocycles. The molecular formula is C14H10F2INOS. The smallest absolute Gasteiger partial charge is 0.234 e. The molecular weight excluding hydrogens is 395 g/mol. The number of carbonyl (C=O) groups excluding carboxylic acids is 1. The Morgan fingerprint density at radius 1 is 1.20 bits per heavy atom. The van der Waals surface area contributed by atoms with Gasteiger partial charge in [-0.2, -0.15) is 0 Å². The lowest BCUT2D eigenvalue weighted by Gasteiger charge is -2.06. The average molecular weight is 405 g/mol. The molecule has 0 aliphatic rings. The van der Waals surface area contributed by atoms with Gasteiger partial charge >= 0.3 is 0 Å². The SMILES string of the molecule is O=C(CSc1ccc(F)cc1F)Nc1cccc(I)c1. The van der Waals surface area contributed by atoms with Crippen molar-refractivity contribution in [3.8, 4) is 0 Å². The van der Waals surface area contributed by atoms with Crippen molar-refractivity contribution in [2.45, 2.75) is 4.90 Å². The summed E-state index contributed by atoms with van der Waals surface area (Å²) in [6.07, 6.45) is 0. The standard InChI is InChI=1S/C14H10F2INOS/c15-9-4-5-13(12(16)6-9)20-8-14(19)18-11-3-1-2-10(17)7-11/h1-7H,8H2,(H,18,19). The van der Waals surface area contributed by atoms with Gasteiger partial charge in [-0.25, -0.2) is 8.78 Å². The zero-order chi connectivity index (χ0) is 14.5. The lowest BCUT2D eigenvalue weighted by Crippen LogP contribution is -2.14. The van der Waals surface area contributed by atoms with Crippen LogP contribution in [0.2, 0.25) is 0 Å². The van der Waals surface area contributed by atoms with Crippen LogP contribution in [0.15, 0.2) is 47.4 Å². The van der Waals surface area contributed by atoms with Gasteiger partial charge in [-0.15, -0.1) is 11.8 Å². The number of benzene rings is 2. The van der Waals surface area contributed by atoms with E-state index in [1.807, 2.05) is 18.2 Å². The Balaban J connectivity index is 1.92. The minimum Gasteiger partial charge on any atom is -0.325 e. The lowest BCUT2D eigenvalue weighted by atomic mass is 10.3. The van der Waals surface area contributed by atoms with E-state index in [9.17, 15) is 13.6 Å². The van der Waals surface area contributed by atoms with Crippen molar-refractivity contribution in [1.82, 2.24) is 0 Å². The fourth-order valence-corrected chi connectivity index (χ4v) is 2.76. The van der Waals surface area contributed by atoms with Crippen LogP contribution in [-0.4, -0.2) is 11.7 Å². The molecule has 1 N–H and O–H groups in total. The third-order valence-electron chi connectivity index (χ3n) is 2.36. The van der Waals surface area contributed by atoms with E-state index in [0.29, 0.717) is 5.69 Å². The molecule has 2 aromatic carbocycles. The molecule has 0 spiro atoms. The van der Waals surface area contributed by atoms with E-state index in [4.69, 9.17) is 0 Å². The van der Waals surface area contributed by atoms with Gasteiger partial charge in [0.15, 0.2) is 0 Å². The molecule has 20 heavy (non-hydrogen) atoms. The first-order valence-corrected chi connectivity index (χ1v) is 7.74. The topological polar surface area (TPSA) is 29.1 Å². The first-order valence-electron chi connectivity index (χ1n) is 5.68. The molecule has 0 atom stereocenters. The highest BCUT2D eigenvalue weighted by Gasteiger charge is 2.08. The van der Waals surface area contributed by atoms with Crippen LogP contribution in [0.3, 0.4) is 0 Å². The van der Waals surface area contributed by atoms with Crippen LogP contribution in [0.25, 0.3) is 0 Å². The molecule has 0 radical (unpaired) electrons. The predicted molar refractivity (Wildman–Crippen MR) is 84.9 cm³/mol. The summed E-state index contributed by atoms with van der Waals surface area (Å²) in [6, 6.07) is 10.7. The van der Waals surface area contributed by atoms with Crippen LogP contribution in [0.4, 0.5) is 14.5 Å². The van der Waals surface area contributed by atoms with E-state index in [0.717, 1.165) is 21.4 Å². The average Bonchev–Trinajstić information content (AvgIpc) is 2.37. The predicted octanol–water partition coefficient (Wildman–Crippen LogP) is 4.30. The number of halogens is 3. The molecule has 0 saturated heterocycles. The summed E-state index contributed by atoms with van der Waals surface area (Å²) in [5, 5.41) is 2.72. The van der Waals surface area contributed by atoms with E-state index in [2.05, 4.69) is 27.9 Å². The number of anilines is 1. The van der Waals surface area contributed by atoms with Crippen LogP contribution in [0, 0.1) is 15.2 Å². The van der Waals surface area contributed by atoms with Crippen molar-refractivity contribution >= 4 is 45.9 Å². The Hall–Kier alpha value is -1.15. The third kappa shape index (κ3) is 4.45. The molecule has 6 heteroatoms. The minimum absolute atomic E-state index is 0.0635. The Kier molecular flexibility index (Phi) is 5.36. The van der Waals surface area contributed by atoms with Crippen LogP contribution < -0.4 is 5.32 Å². The van der Waals surface area contributed by atoms with E-state index >= 15 is 0 Å². The Bertz CT molecular complexity index is 636. The second kappa shape index (κ2) is 7.03. The van der Waals surface area contributed by atoms with Gasteiger partial charge in [0.2, 0.25) is 5.91 Å². The Labute approximate surface area is 133 Å². The second-order valence-corrected chi connectivity index (χ2v) is 6.18. The molecule has 0 heterocycles. The van der Waals surface area contributed by atoms with Crippen LogP contribution in [0.1, 0.15) is 0 Å². The first-order chi connectivity index (χ1) is 9.54. The van der Waals surface area contributed by atoms with Crippen molar-refractivity contribution in [3.05, 3.63) is 57.7 Å². The van der Waals surface area contributed by atoms with Crippen molar-refractivity contribution in [1.29, 1.82) is 0 Å². The van der Waals surface area contributed by atoms with Gasteiger partial charge in [0.05, 0.1) is 5.75 Å². The van der Waals surface area contributed by atoms with Gasteiger partial charge in [0.25, 0.3) is 0 Å². The van der Waals surface area contributed by atoms with Crippen LogP contribution in [-0.2, 0) is 4.79 Å². The van der Waals surface area contributed by atoms with Crippen LogP contribution in [0.5, 0.6) is 0 Å². The molecule has 0 aliphatic heterocycles. The third-order valence-corrected chi connectivity index (χ3v) is 4.08. The van der Waals surface area contributed by atoms with Gasteiger partial charge in [0, 0.05) is 20.2 Å². The minimum atomic E-state index is -0.656. The van der Waals surface area contributed by atoms with Gasteiger partial charge in [-0.1, -0.05) is 6.07 Å². The summed E-state index contributed by atoms with van der Waals surface area (Å²) in [5.74, 6) is -1.46. The second-order valence-electron chi connectivity index (χ2n) is 3.92. The Morgan fingerprint density at radius 2 is 2.00 bits per heavy atom. The maximum atomic E-state index is 13.4. The van der Waals surface area contributed by atoms with Crippen molar-refractivity contribution in [2.75, 3.05) is 11.1 Å². The first kappa shape index (κ1) is 15.2. The van der Waals surface area contributed by atoms with E-state index < -0.39 is 11.6 Å². The van der Waals surface area contributed by atoms with Crippen molar-refractivity contribution < 1.29 is 13.6 Å². The highest BCUT2D eigenvalue weighted by Crippen LogP contribution is 2.22. The summed E-state index contributed by atoms with van der Waals surface area (Å²) < 4.78 is 27.1. The normalized spacial score (nSPS) is 10.3. The molecule has 0 bridgehead atoms. The highest BCUT2D eigenvalue weighted by molar-refractivity contribution is 14.1. The Morgan fingerprint density at radius 3 is 2.70 bits per heavy atom. The monoisotopic (exact) mass is 405 g/mol. The fourth-order valence-electron chi connectivity index (χ4n) is 1.50.